The molecule has 3 aromatic rings. The molecule has 0 radical (unpaired) electrons. The Morgan fingerprint density at radius 2 is 1.64 bits per heavy atom. The van der Waals surface area contributed by atoms with Gasteiger partial charge in [-0.15, -0.1) is 5.10 Å². The van der Waals surface area contributed by atoms with Gasteiger partial charge in [-0.2, -0.15) is 11.8 Å². The van der Waals surface area contributed by atoms with Gasteiger partial charge in [-0.25, -0.2) is 18.3 Å². The number of ketones is 1. The molecule has 0 aliphatic carbocycles. The zero-order valence-electron chi connectivity index (χ0n) is 34.1. The maximum atomic E-state index is 14.0. The summed E-state index contributed by atoms with van der Waals surface area (Å²) in [6.07, 6.45) is 6.32. The number of ether oxygens (including phenoxy) is 5. The number of nitrogens with two attached hydrogens (primary N) is 1. The minimum Gasteiger partial charge on any atom is -0.480 e. The summed E-state index contributed by atoms with van der Waals surface area (Å²) in [5.41, 5.74) is 6.97. The van der Waals surface area contributed by atoms with Gasteiger partial charge in [0.1, 0.15) is 12.3 Å². The summed E-state index contributed by atoms with van der Waals surface area (Å²) < 4.78 is 56.9. The van der Waals surface area contributed by atoms with E-state index in [0.29, 0.717) is 95.2 Å². The molecule has 0 bridgehead atoms. The van der Waals surface area contributed by atoms with Crippen LogP contribution in [-0.4, -0.2) is 134 Å². The van der Waals surface area contributed by atoms with Crippen LogP contribution in [0, 0.1) is 11.6 Å². The summed E-state index contributed by atoms with van der Waals surface area (Å²) in [4.78, 5) is 49.9. The highest BCUT2D eigenvalue weighted by Gasteiger charge is 2.42. The second-order valence-electron chi connectivity index (χ2n) is 14.4. The number of nitrogens with one attached hydrogen (secondary N) is 4. The molecule has 17 nitrogen and oxygen atoms in total. The average Bonchev–Trinajstić information content (AvgIpc) is 3.98. The highest BCUT2D eigenvalue weighted by molar-refractivity contribution is 8.00. The van der Waals surface area contributed by atoms with Crippen molar-refractivity contribution in [1.82, 2.24) is 36.3 Å². The predicted molar refractivity (Wildman–Crippen MR) is 221 cm³/mol. The number of fused-ring (bicyclic) bond motifs is 1. The maximum absolute atomic E-state index is 14.0. The number of urea groups is 1. The van der Waals surface area contributed by atoms with E-state index < -0.39 is 41.7 Å². The maximum Gasteiger partial charge on any atom is 0.315 e. The summed E-state index contributed by atoms with van der Waals surface area (Å²) in [5, 5.41) is 20.2. The molecule has 3 heterocycles. The first-order valence-electron chi connectivity index (χ1n) is 20.6. The average molecular weight is 875 g/mol. The predicted octanol–water partition coefficient (Wildman–Crippen LogP) is 2.83. The lowest BCUT2D eigenvalue weighted by molar-refractivity contribution is -0.123. The molecule has 2 saturated heterocycles. The van der Waals surface area contributed by atoms with Crippen LogP contribution >= 0.6 is 11.8 Å². The number of rotatable bonds is 30. The number of amides is 4. The van der Waals surface area contributed by atoms with Crippen molar-refractivity contribution in [3.63, 3.8) is 0 Å². The van der Waals surface area contributed by atoms with Crippen molar-refractivity contribution in [3.05, 3.63) is 71.6 Å². The SMILES string of the molecule is NCCCCC(NC(=O)c1cccc(-n2cc(COCCOCCOCCOCCNC(=O)CCCC[C@@H]3SC[C@@H]4NC(=O)N[C@@H]43)nn2)c1)C(=O)COc1c(F)cccc1F. The van der Waals surface area contributed by atoms with Gasteiger partial charge in [-0.3, -0.25) is 14.4 Å². The number of halogens is 2. The fourth-order valence-corrected chi connectivity index (χ4v) is 8.20. The Bertz CT molecular complexity index is 1840. The van der Waals surface area contributed by atoms with Crippen LogP contribution in [0.2, 0.25) is 0 Å². The molecule has 1 unspecified atom stereocenters. The number of carbonyl (C=O) groups excluding carboxylic acids is 4. The summed E-state index contributed by atoms with van der Waals surface area (Å²) in [7, 11) is 0. The Hall–Kier alpha value is -4.73. The molecule has 2 aromatic carbocycles. The molecular weight excluding hydrogens is 819 g/mol. The molecule has 2 fully saturated rings. The third kappa shape index (κ3) is 15.9. The number of nitrogens with zero attached hydrogens (tertiary/aromatic N) is 3. The van der Waals surface area contributed by atoms with Gasteiger partial charge in [0.2, 0.25) is 5.91 Å². The van der Waals surface area contributed by atoms with Crippen molar-refractivity contribution in [2.75, 3.05) is 71.7 Å². The smallest absolute Gasteiger partial charge is 0.315 e. The first-order valence-corrected chi connectivity index (χ1v) is 21.6. The van der Waals surface area contributed by atoms with Crippen LogP contribution < -0.4 is 31.7 Å². The fourth-order valence-electron chi connectivity index (χ4n) is 6.65. The molecular formula is C41H56F2N8O9S. The second-order valence-corrected chi connectivity index (χ2v) is 15.7. The van der Waals surface area contributed by atoms with Crippen LogP contribution in [0.15, 0.2) is 48.7 Å². The number of carbonyl (C=O) groups is 4. The van der Waals surface area contributed by atoms with Crippen molar-refractivity contribution >= 4 is 35.4 Å². The van der Waals surface area contributed by atoms with E-state index in [1.807, 2.05) is 11.8 Å². The van der Waals surface area contributed by atoms with Gasteiger partial charge in [0.25, 0.3) is 5.91 Å². The number of aromatic nitrogens is 3. The normalized spacial score (nSPS) is 17.4. The van der Waals surface area contributed by atoms with E-state index >= 15 is 0 Å². The van der Waals surface area contributed by atoms with Gasteiger partial charge in [0, 0.05) is 29.5 Å². The van der Waals surface area contributed by atoms with E-state index in [0.717, 1.165) is 37.1 Å². The van der Waals surface area contributed by atoms with E-state index in [1.54, 1.807) is 30.5 Å². The Morgan fingerprint density at radius 3 is 2.39 bits per heavy atom. The lowest BCUT2D eigenvalue weighted by Crippen LogP contribution is -2.43. The number of para-hydroxylation sites is 1. The number of benzene rings is 2. The summed E-state index contributed by atoms with van der Waals surface area (Å²) in [6.45, 7) is 3.05. The van der Waals surface area contributed by atoms with Crippen LogP contribution in [0.3, 0.4) is 0 Å². The third-order valence-electron chi connectivity index (χ3n) is 9.85. The van der Waals surface area contributed by atoms with E-state index in [9.17, 15) is 28.0 Å². The molecule has 334 valence electrons. The Kier molecular flexibility index (Phi) is 20.1. The zero-order chi connectivity index (χ0) is 43.2. The van der Waals surface area contributed by atoms with E-state index in [2.05, 4.69) is 31.6 Å². The monoisotopic (exact) mass is 874 g/mol. The lowest BCUT2D eigenvalue weighted by Gasteiger charge is -2.18. The standard InChI is InChI=1S/C41H56F2N8O9S/c42-31-9-6-10-32(43)39(31)60-26-35(52)33(11-3-4-14-44)46-40(54)28-7-5-8-30(23-28)51-24-29(49-50-51)25-59-22-21-58-20-19-57-18-17-56-16-15-45-37(53)13-2-1-12-36-38-34(27-61-36)47-41(55)48-38/h5-10,23-24,33-34,36,38H,1-4,11-22,25-27,44H2,(H,45,53)(H,46,54)(H2,47,48,55)/t33?,34-,36-,38-/m0/s1. The van der Waals surface area contributed by atoms with Crippen molar-refractivity contribution in [1.29, 1.82) is 0 Å². The van der Waals surface area contributed by atoms with Crippen molar-refractivity contribution in [2.24, 2.45) is 5.73 Å². The molecule has 20 heteroatoms. The van der Waals surface area contributed by atoms with E-state index in [-0.39, 0.29) is 42.6 Å². The Balaban J connectivity index is 0.878. The van der Waals surface area contributed by atoms with E-state index in [4.69, 9.17) is 29.4 Å². The van der Waals surface area contributed by atoms with E-state index in [1.165, 1.54) is 10.7 Å². The quantitative estimate of drug-likeness (QED) is 0.0482. The van der Waals surface area contributed by atoms with Crippen LogP contribution in [-0.2, 0) is 35.1 Å². The molecule has 0 saturated carbocycles. The Morgan fingerprint density at radius 1 is 0.918 bits per heavy atom. The van der Waals surface area contributed by atoms with Gasteiger partial charge in [0.05, 0.1) is 82.9 Å². The fraction of sp³-hybridized carbons (Fsp3) is 0.561. The van der Waals surface area contributed by atoms with Crippen LogP contribution in [0.5, 0.6) is 5.75 Å². The third-order valence-corrected chi connectivity index (χ3v) is 11.4. The van der Waals surface area contributed by atoms with Crippen LogP contribution in [0.4, 0.5) is 13.6 Å². The summed E-state index contributed by atoms with van der Waals surface area (Å²) >= 11 is 1.88. The lowest BCUT2D eigenvalue weighted by atomic mass is 10.0. The molecule has 4 amide bonds. The molecule has 1 aromatic heterocycles. The number of hydrogen-bond donors (Lipinski definition) is 5. The number of unbranched alkanes of at least 4 members (excludes halogenated alkanes) is 2. The molecule has 6 N–H and O–H groups in total. The van der Waals surface area contributed by atoms with Crippen molar-refractivity contribution < 1.29 is 51.6 Å². The minimum absolute atomic E-state index is 0.0109. The Labute approximate surface area is 357 Å². The van der Waals surface area contributed by atoms with Crippen LogP contribution in [0.25, 0.3) is 5.69 Å². The number of hydrogen-bond acceptors (Lipinski definition) is 13. The largest absolute Gasteiger partial charge is 0.480 e. The highest BCUT2D eigenvalue weighted by atomic mass is 32.2. The molecule has 2 aliphatic rings. The topological polar surface area (TPSA) is 219 Å². The molecule has 61 heavy (non-hydrogen) atoms. The van der Waals surface area contributed by atoms with Gasteiger partial charge in [0.15, 0.2) is 23.2 Å². The zero-order valence-corrected chi connectivity index (χ0v) is 34.9. The number of Topliss-reactive ketones (excluding diaryl/α,β-unsaturated/α-hetero) is 1. The first-order chi connectivity index (χ1) is 29.7. The highest BCUT2D eigenvalue weighted by Crippen LogP contribution is 2.33. The van der Waals surface area contributed by atoms with Gasteiger partial charge in [-0.05, 0) is 69.0 Å². The molecule has 4 atom stereocenters. The number of thioether (sulfide) groups is 1. The van der Waals surface area contributed by atoms with Gasteiger partial charge < -0.3 is 50.7 Å². The second kappa shape index (κ2) is 25.9. The summed E-state index contributed by atoms with van der Waals surface area (Å²) in [6, 6.07) is 9.20. The van der Waals surface area contributed by atoms with Crippen molar-refractivity contribution in [2.45, 2.75) is 74.9 Å². The minimum atomic E-state index is -0.970. The summed E-state index contributed by atoms with van der Waals surface area (Å²) in [5.74, 6) is -2.65. The first kappa shape index (κ1) is 47.3. The van der Waals surface area contributed by atoms with Crippen LogP contribution in [0.1, 0.15) is 61.0 Å². The van der Waals surface area contributed by atoms with Crippen molar-refractivity contribution in [3.8, 4) is 11.4 Å². The van der Waals surface area contributed by atoms with Gasteiger partial charge in [-0.1, -0.05) is 23.8 Å². The van der Waals surface area contributed by atoms with Gasteiger partial charge >= 0.3 is 6.03 Å². The molecule has 0 spiro atoms. The molecule has 5 rings (SSSR count). The molecule has 2 aliphatic heterocycles.